The summed E-state index contributed by atoms with van der Waals surface area (Å²) < 4.78 is 13.5. The van der Waals surface area contributed by atoms with Crippen molar-refractivity contribution in [2.75, 3.05) is 0 Å². The van der Waals surface area contributed by atoms with Gasteiger partial charge in [0.2, 0.25) is 5.91 Å². The molecule has 0 aromatic heterocycles. The van der Waals surface area contributed by atoms with Gasteiger partial charge in [0.05, 0.1) is 5.25 Å². The van der Waals surface area contributed by atoms with Crippen LogP contribution in [0.2, 0.25) is 0 Å². The van der Waals surface area contributed by atoms with Crippen LogP contribution < -0.4 is 11.1 Å². The lowest BCUT2D eigenvalue weighted by atomic mass is 10.1. The first kappa shape index (κ1) is 14.5. The molecule has 18 heavy (non-hydrogen) atoms. The lowest BCUT2D eigenvalue weighted by Gasteiger charge is -2.16. The molecular weight excluding hydrogens is 255 g/mol. The van der Waals surface area contributed by atoms with Crippen LogP contribution in [0.15, 0.2) is 24.3 Å². The number of halogens is 1. The Kier molecular flexibility index (Phi) is 5.15. The van der Waals surface area contributed by atoms with Crippen molar-refractivity contribution >= 4 is 23.7 Å². The lowest BCUT2D eigenvalue weighted by Crippen LogP contribution is -2.39. The van der Waals surface area contributed by atoms with Crippen molar-refractivity contribution in [1.82, 2.24) is 5.32 Å². The summed E-state index contributed by atoms with van der Waals surface area (Å²) in [5.74, 6) is -0.782. The number of carbonyl (C=O) groups excluding carboxylic acids is 2. The Bertz CT molecular complexity index is 453. The number of benzene rings is 1. The summed E-state index contributed by atoms with van der Waals surface area (Å²) in [7, 11) is 0. The van der Waals surface area contributed by atoms with Crippen LogP contribution in [0, 0.1) is 5.82 Å². The zero-order chi connectivity index (χ0) is 13.7. The fraction of sp³-hybridized carbons (Fsp3) is 0.333. The Morgan fingerprint density at radius 1 is 1.33 bits per heavy atom. The normalized spacial score (nSPS) is 13.7. The molecule has 6 heteroatoms. The molecule has 1 aromatic carbocycles. The van der Waals surface area contributed by atoms with E-state index in [1.807, 2.05) is 5.32 Å². The van der Waals surface area contributed by atoms with Crippen molar-refractivity contribution in [3.63, 3.8) is 0 Å². The molecule has 0 saturated carbocycles. The van der Waals surface area contributed by atoms with E-state index < -0.39 is 17.2 Å². The predicted molar refractivity (Wildman–Crippen MR) is 69.6 cm³/mol. The monoisotopic (exact) mass is 270 g/mol. The minimum atomic E-state index is -0.883. The molecule has 3 amide bonds. The molecule has 0 aliphatic rings. The van der Waals surface area contributed by atoms with Gasteiger partial charge in [-0.15, -0.1) is 11.8 Å². The van der Waals surface area contributed by atoms with Gasteiger partial charge in [0, 0.05) is 10.8 Å². The minimum absolute atomic E-state index is 0.195. The first-order valence-corrected chi connectivity index (χ1v) is 6.36. The van der Waals surface area contributed by atoms with Gasteiger partial charge >= 0.3 is 6.03 Å². The number of rotatable bonds is 4. The second kappa shape index (κ2) is 6.39. The van der Waals surface area contributed by atoms with E-state index in [1.165, 1.54) is 17.8 Å². The highest BCUT2D eigenvalue weighted by atomic mass is 32.2. The van der Waals surface area contributed by atoms with Crippen molar-refractivity contribution in [3.05, 3.63) is 35.6 Å². The molecular formula is C12H15FN2O2S. The first-order valence-electron chi connectivity index (χ1n) is 5.42. The molecule has 0 saturated heterocycles. The van der Waals surface area contributed by atoms with Gasteiger partial charge in [-0.2, -0.15) is 0 Å². The molecule has 0 aliphatic carbocycles. The number of thioether (sulfide) groups is 1. The maximum absolute atomic E-state index is 13.5. The first-order chi connectivity index (χ1) is 8.41. The topological polar surface area (TPSA) is 72.2 Å². The number of amides is 3. The van der Waals surface area contributed by atoms with E-state index in [2.05, 4.69) is 0 Å². The van der Waals surface area contributed by atoms with E-state index in [-0.39, 0.29) is 11.1 Å². The number of hydrogen-bond donors (Lipinski definition) is 2. The van der Waals surface area contributed by atoms with Gasteiger partial charge in [-0.1, -0.05) is 18.2 Å². The third kappa shape index (κ3) is 4.03. The maximum atomic E-state index is 13.5. The van der Waals surface area contributed by atoms with Crippen LogP contribution in [-0.4, -0.2) is 17.2 Å². The van der Waals surface area contributed by atoms with Crippen LogP contribution >= 0.6 is 11.8 Å². The molecule has 1 rings (SSSR count). The largest absolute Gasteiger partial charge is 0.351 e. The summed E-state index contributed by atoms with van der Waals surface area (Å²) in [5, 5.41) is 1.31. The Morgan fingerprint density at radius 2 is 1.94 bits per heavy atom. The Hall–Kier alpha value is -1.56. The van der Waals surface area contributed by atoms with Crippen molar-refractivity contribution in [2.24, 2.45) is 5.73 Å². The molecule has 2 atom stereocenters. The molecule has 0 heterocycles. The molecule has 0 radical (unpaired) electrons. The standard InChI is InChI=1S/C12H15FN2O2S/c1-7(9-5-3-4-6-10(9)13)18-8(2)11(16)15-12(14)17/h3-8H,1-2H3,(H3,14,15,16,17). The lowest BCUT2D eigenvalue weighted by molar-refractivity contribution is -0.119. The fourth-order valence-electron chi connectivity index (χ4n) is 1.47. The van der Waals surface area contributed by atoms with E-state index in [0.717, 1.165) is 0 Å². The van der Waals surface area contributed by atoms with Crippen LogP contribution in [0.3, 0.4) is 0 Å². The van der Waals surface area contributed by atoms with Crippen molar-refractivity contribution in [1.29, 1.82) is 0 Å². The van der Waals surface area contributed by atoms with Crippen molar-refractivity contribution in [3.8, 4) is 0 Å². The van der Waals surface area contributed by atoms with E-state index in [1.54, 1.807) is 32.0 Å². The van der Waals surface area contributed by atoms with E-state index in [0.29, 0.717) is 5.56 Å². The highest BCUT2D eigenvalue weighted by molar-refractivity contribution is 8.00. The van der Waals surface area contributed by atoms with E-state index in [9.17, 15) is 14.0 Å². The molecule has 0 fully saturated rings. The van der Waals surface area contributed by atoms with Gasteiger partial charge in [0.25, 0.3) is 0 Å². The van der Waals surface area contributed by atoms with Gasteiger partial charge < -0.3 is 5.73 Å². The van der Waals surface area contributed by atoms with E-state index in [4.69, 9.17) is 5.73 Å². The highest BCUT2D eigenvalue weighted by Crippen LogP contribution is 2.32. The van der Waals surface area contributed by atoms with Gasteiger partial charge in [0.15, 0.2) is 0 Å². The number of imide groups is 1. The van der Waals surface area contributed by atoms with Gasteiger partial charge in [0.1, 0.15) is 5.82 Å². The molecule has 2 unspecified atom stereocenters. The SMILES string of the molecule is CC(SC(C)c1ccccc1F)C(=O)NC(N)=O. The van der Waals surface area contributed by atoms with Gasteiger partial charge in [-0.25, -0.2) is 9.18 Å². The molecule has 0 bridgehead atoms. The second-order valence-corrected chi connectivity index (χ2v) is 5.48. The summed E-state index contributed by atoms with van der Waals surface area (Å²) in [6.45, 7) is 3.44. The van der Waals surface area contributed by atoms with Crippen LogP contribution in [0.25, 0.3) is 0 Å². The summed E-state index contributed by atoms with van der Waals surface area (Å²) in [5.41, 5.74) is 5.39. The number of carbonyl (C=O) groups is 2. The highest BCUT2D eigenvalue weighted by Gasteiger charge is 2.20. The van der Waals surface area contributed by atoms with Crippen molar-refractivity contribution < 1.29 is 14.0 Å². The third-order valence-electron chi connectivity index (χ3n) is 2.37. The third-order valence-corrected chi connectivity index (χ3v) is 3.65. The van der Waals surface area contributed by atoms with Crippen LogP contribution in [0.5, 0.6) is 0 Å². The predicted octanol–water partition coefficient (Wildman–Crippen LogP) is 2.20. The Morgan fingerprint density at radius 3 is 2.50 bits per heavy atom. The zero-order valence-electron chi connectivity index (χ0n) is 10.1. The van der Waals surface area contributed by atoms with Crippen molar-refractivity contribution in [2.45, 2.75) is 24.3 Å². The molecule has 3 N–H and O–H groups in total. The number of hydrogen-bond acceptors (Lipinski definition) is 3. The molecule has 98 valence electrons. The molecule has 0 aliphatic heterocycles. The number of nitrogens with two attached hydrogens (primary N) is 1. The Labute approximate surface area is 109 Å². The summed E-state index contributed by atoms with van der Waals surface area (Å²) >= 11 is 1.26. The Balaban J connectivity index is 2.65. The summed E-state index contributed by atoms with van der Waals surface area (Å²) in [6, 6.07) is 5.51. The smallest absolute Gasteiger partial charge is 0.318 e. The van der Waals surface area contributed by atoms with Crippen LogP contribution in [-0.2, 0) is 4.79 Å². The maximum Gasteiger partial charge on any atom is 0.318 e. The quantitative estimate of drug-likeness (QED) is 0.881. The fourth-order valence-corrected chi connectivity index (χ4v) is 2.60. The summed E-state index contributed by atoms with van der Waals surface area (Å²) in [4.78, 5) is 22.0. The molecule has 1 aromatic rings. The molecule has 0 spiro atoms. The molecule has 4 nitrogen and oxygen atoms in total. The van der Waals surface area contributed by atoms with Crippen LogP contribution in [0.1, 0.15) is 24.7 Å². The summed E-state index contributed by atoms with van der Waals surface area (Å²) in [6.07, 6.45) is 0. The van der Waals surface area contributed by atoms with E-state index >= 15 is 0 Å². The van der Waals surface area contributed by atoms with Gasteiger partial charge in [-0.3, -0.25) is 10.1 Å². The van der Waals surface area contributed by atoms with Crippen LogP contribution in [0.4, 0.5) is 9.18 Å². The average molecular weight is 270 g/mol. The van der Waals surface area contributed by atoms with Gasteiger partial charge in [-0.05, 0) is 19.9 Å². The number of nitrogens with one attached hydrogen (secondary N) is 1. The second-order valence-electron chi connectivity index (χ2n) is 3.80. The average Bonchev–Trinajstić information content (AvgIpc) is 2.28. The number of urea groups is 1. The number of primary amides is 1. The zero-order valence-corrected chi connectivity index (χ0v) is 11.0. The minimum Gasteiger partial charge on any atom is -0.351 e.